The van der Waals surface area contributed by atoms with Gasteiger partial charge in [-0.1, -0.05) is 24.6 Å². The highest BCUT2D eigenvalue weighted by Gasteiger charge is 2.10. The summed E-state index contributed by atoms with van der Waals surface area (Å²) in [6, 6.07) is 8.87. The van der Waals surface area contributed by atoms with Gasteiger partial charge >= 0.3 is 0 Å². The van der Waals surface area contributed by atoms with Crippen LogP contribution in [-0.4, -0.2) is 9.97 Å². The molecular weight excluding hydrogens is 294 g/mol. The molecule has 0 spiro atoms. The highest BCUT2D eigenvalue weighted by atomic mass is 35.5. The fourth-order valence-corrected chi connectivity index (χ4v) is 2.40. The maximum atomic E-state index is 13.3. The molecule has 0 unspecified atom stereocenters. The zero-order valence-corrected chi connectivity index (χ0v) is 12.0. The third kappa shape index (κ3) is 2.72. The summed E-state index contributed by atoms with van der Waals surface area (Å²) >= 11 is 6.18. The van der Waals surface area contributed by atoms with Crippen molar-refractivity contribution in [1.82, 2.24) is 9.97 Å². The number of fused-ring (bicyclic) bond motifs is 1. The molecule has 3 rings (SSSR count). The molecule has 0 saturated carbocycles. The molecule has 0 radical (unpaired) electrons. The fourth-order valence-electron chi connectivity index (χ4n) is 2.17. The van der Waals surface area contributed by atoms with Crippen molar-refractivity contribution in [3.8, 4) is 11.4 Å². The lowest BCUT2D eigenvalue weighted by Gasteiger charge is -2.06. The topological polar surface area (TPSA) is 25.8 Å². The molecule has 106 valence electrons. The van der Waals surface area contributed by atoms with E-state index in [1.165, 1.54) is 12.1 Å². The molecule has 0 bridgehead atoms. The van der Waals surface area contributed by atoms with Crippen LogP contribution in [0.4, 0.5) is 8.78 Å². The van der Waals surface area contributed by atoms with Crippen LogP contribution in [0.15, 0.2) is 36.4 Å². The summed E-state index contributed by atoms with van der Waals surface area (Å²) in [4.78, 5) is 8.49. The molecule has 2 aromatic carbocycles. The number of hydrogen-bond donors (Lipinski definition) is 0. The first-order chi connectivity index (χ1) is 10.1. The van der Waals surface area contributed by atoms with Gasteiger partial charge in [0.2, 0.25) is 0 Å². The second-order valence-electron chi connectivity index (χ2n) is 4.70. The van der Waals surface area contributed by atoms with E-state index in [1.807, 2.05) is 25.1 Å². The molecule has 2 nitrogen and oxygen atoms in total. The maximum Gasteiger partial charge on any atom is 0.161 e. The molecular formula is C16H11ClF2N2. The van der Waals surface area contributed by atoms with Crippen LogP contribution in [0.5, 0.6) is 0 Å². The SMILES string of the molecule is CCc1ccc2nc(-c3cc(F)cc(F)c3)nc(Cl)c2c1. The Labute approximate surface area is 125 Å². The Morgan fingerprint density at radius 3 is 2.38 bits per heavy atom. The monoisotopic (exact) mass is 304 g/mol. The molecule has 21 heavy (non-hydrogen) atoms. The van der Waals surface area contributed by atoms with E-state index < -0.39 is 11.6 Å². The second kappa shape index (κ2) is 5.37. The minimum absolute atomic E-state index is 0.204. The number of aryl methyl sites for hydroxylation is 1. The van der Waals surface area contributed by atoms with Crippen molar-refractivity contribution in [2.45, 2.75) is 13.3 Å². The Bertz CT molecular complexity index is 814. The number of aromatic nitrogens is 2. The Morgan fingerprint density at radius 1 is 1.00 bits per heavy atom. The number of halogens is 3. The predicted molar refractivity (Wildman–Crippen MR) is 79.3 cm³/mol. The van der Waals surface area contributed by atoms with Gasteiger partial charge in [-0.2, -0.15) is 0 Å². The van der Waals surface area contributed by atoms with Gasteiger partial charge in [0.25, 0.3) is 0 Å². The molecule has 0 aliphatic heterocycles. The molecule has 0 atom stereocenters. The minimum atomic E-state index is -0.675. The van der Waals surface area contributed by atoms with Crippen molar-refractivity contribution >= 4 is 22.5 Å². The van der Waals surface area contributed by atoms with E-state index in [4.69, 9.17) is 11.6 Å². The largest absolute Gasteiger partial charge is 0.228 e. The molecule has 0 aliphatic carbocycles. The highest BCUT2D eigenvalue weighted by molar-refractivity contribution is 6.34. The Morgan fingerprint density at radius 2 is 1.71 bits per heavy atom. The van der Waals surface area contributed by atoms with Gasteiger partial charge in [-0.05, 0) is 36.2 Å². The summed E-state index contributed by atoms with van der Waals surface area (Å²) in [6.07, 6.45) is 0.878. The average Bonchev–Trinajstić information content (AvgIpc) is 2.46. The molecule has 1 heterocycles. The summed E-state index contributed by atoms with van der Waals surface area (Å²) in [5.41, 5.74) is 2.03. The van der Waals surface area contributed by atoms with Crippen LogP contribution >= 0.6 is 11.6 Å². The molecule has 0 saturated heterocycles. The van der Waals surface area contributed by atoms with E-state index in [0.717, 1.165) is 23.4 Å². The molecule has 0 amide bonds. The standard InChI is InChI=1S/C16H11ClF2N2/c1-2-9-3-4-14-13(5-9)15(17)21-16(20-14)10-6-11(18)8-12(19)7-10/h3-8H,2H2,1H3. The second-order valence-corrected chi connectivity index (χ2v) is 5.06. The fraction of sp³-hybridized carbons (Fsp3) is 0.125. The molecule has 0 fully saturated rings. The van der Waals surface area contributed by atoms with Crippen molar-refractivity contribution in [1.29, 1.82) is 0 Å². The van der Waals surface area contributed by atoms with Crippen LogP contribution in [0.1, 0.15) is 12.5 Å². The predicted octanol–water partition coefficient (Wildman–Crippen LogP) is 4.79. The van der Waals surface area contributed by atoms with Crippen molar-refractivity contribution in [2.24, 2.45) is 0 Å². The Hall–Kier alpha value is -2.07. The van der Waals surface area contributed by atoms with Gasteiger partial charge in [-0.3, -0.25) is 0 Å². The van der Waals surface area contributed by atoms with Crippen molar-refractivity contribution in [3.63, 3.8) is 0 Å². The lowest BCUT2D eigenvalue weighted by molar-refractivity contribution is 0.584. The third-order valence-corrected chi connectivity index (χ3v) is 3.53. The van der Waals surface area contributed by atoms with Gasteiger partial charge in [0.05, 0.1) is 5.52 Å². The normalized spacial score (nSPS) is 11.0. The van der Waals surface area contributed by atoms with Gasteiger partial charge in [0.15, 0.2) is 5.82 Å². The van der Waals surface area contributed by atoms with Crippen LogP contribution in [0.2, 0.25) is 5.15 Å². The number of nitrogens with zero attached hydrogens (tertiary/aromatic N) is 2. The first-order valence-corrected chi connectivity index (χ1v) is 6.87. The molecule has 0 N–H and O–H groups in total. The van der Waals surface area contributed by atoms with Crippen molar-refractivity contribution < 1.29 is 8.78 Å². The zero-order chi connectivity index (χ0) is 15.0. The number of benzene rings is 2. The van der Waals surface area contributed by atoms with Crippen LogP contribution in [0, 0.1) is 11.6 Å². The summed E-state index contributed by atoms with van der Waals surface area (Å²) in [6.45, 7) is 2.04. The van der Waals surface area contributed by atoms with Gasteiger partial charge < -0.3 is 0 Å². The lowest BCUT2D eigenvalue weighted by Crippen LogP contribution is -1.94. The van der Waals surface area contributed by atoms with Crippen LogP contribution < -0.4 is 0 Å². The van der Waals surface area contributed by atoms with Crippen molar-refractivity contribution in [2.75, 3.05) is 0 Å². The first kappa shape index (κ1) is 13.9. The lowest BCUT2D eigenvalue weighted by atomic mass is 10.1. The van der Waals surface area contributed by atoms with Gasteiger partial charge in [-0.25, -0.2) is 18.7 Å². The first-order valence-electron chi connectivity index (χ1n) is 6.49. The average molecular weight is 305 g/mol. The zero-order valence-electron chi connectivity index (χ0n) is 11.2. The van der Waals surface area contributed by atoms with E-state index >= 15 is 0 Å². The van der Waals surface area contributed by atoms with Crippen molar-refractivity contribution in [3.05, 3.63) is 58.7 Å². The highest BCUT2D eigenvalue weighted by Crippen LogP contribution is 2.26. The van der Waals surface area contributed by atoms with E-state index in [1.54, 1.807) is 0 Å². The summed E-state index contributed by atoms with van der Waals surface area (Å²) in [7, 11) is 0. The molecule has 5 heteroatoms. The maximum absolute atomic E-state index is 13.3. The Kier molecular flexibility index (Phi) is 3.55. The molecule has 0 aliphatic rings. The molecule has 1 aromatic heterocycles. The number of hydrogen-bond acceptors (Lipinski definition) is 2. The summed E-state index contributed by atoms with van der Waals surface area (Å²) < 4.78 is 26.6. The Balaban J connectivity index is 2.20. The third-order valence-electron chi connectivity index (χ3n) is 3.24. The number of rotatable bonds is 2. The smallest absolute Gasteiger partial charge is 0.161 e. The van der Waals surface area contributed by atoms with Crippen LogP contribution in [-0.2, 0) is 6.42 Å². The van der Waals surface area contributed by atoms with E-state index in [9.17, 15) is 8.78 Å². The van der Waals surface area contributed by atoms with Gasteiger partial charge in [-0.15, -0.1) is 0 Å². The van der Waals surface area contributed by atoms with E-state index in [2.05, 4.69) is 9.97 Å². The minimum Gasteiger partial charge on any atom is -0.228 e. The van der Waals surface area contributed by atoms with E-state index in [0.29, 0.717) is 5.52 Å². The summed E-state index contributed by atoms with van der Waals surface area (Å²) in [5, 5.41) is 1.01. The van der Waals surface area contributed by atoms with Crippen LogP contribution in [0.25, 0.3) is 22.3 Å². The van der Waals surface area contributed by atoms with E-state index in [-0.39, 0.29) is 16.5 Å². The summed E-state index contributed by atoms with van der Waals surface area (Å²) in [5.74, 6) is -1.15. The van der Waals surface area contributed by atoms with Gasteiger partial charge in [0, 0.05) is 17.0 Å². The van der Waals surface area contributed by atoms with Crippen LogP contribution in [0.3, 0.4) is 0 Å². The van der Waals surface area contributed by atoms with Gasteiger partial charge in [0.1, 0.15) is 16.8 Å². The quantitative estimate of drug-likeness (QED) is 0.636. The molecule has 3 aromatic rings.